The number of nitrogens with zero attached hydrogens (tertiary/aromatic N) is 2. The number of hydrogen-bond acceptors (Lipinski definition) is 3. The van der Waals surface area contributed by atoms with Crippen LogP contribution in [0.4, 0.5) is 4.39 Å². The molecule has 3 rings (SSSR count). The van der Waals surface area contributed by atoms with Crippen molar-refractivity contribution in [1.82, 2.24) is 10.1 Å². The average Bonchev–Trinajstić information content (AvgIpc) is 3.02. The number of likely N-dealkylation sites (tertiary alicyclic amines) is 1. The normalized spacial score (nSPS) is 19.6. The SMILES string of the molecule is Cc1noc(C)c1CN1CCC[C@H]1c1ccc(F)cc1. The molecule has 1 aliphatic rings. The number of aryl methyl sites for hydroxylation is 2. The highest BCUT2D eigenvalue weighted by atomic mass is 19.1. The van der Waals surface area contributed by atoms with E-state index < -0.39 is 0 Å². The maximum atomic E-state index is 13.0. The minimum absolute atomic E-state index is 0.177. The van der Waals surface area contributed by atoms with Crippen molar-refractivity contribution in [2.45, 2.75) is 39.3 Å². The molecule has 1 aliphatic heterocycles. The highest BCUT2D eigenvalue weighted by Crippen LogP contribution is 2.34. The van der Waals surface area contributed by atoms with Gasteiger partial charge in [0.1, 0.15) is 11.6 Å². The van der Waals surface area contributed by atoms with Gasteiger partial charge in [0, 0.05) is 18.2 Å². The lowest BCUT2D eigenvalue weighted by Gasteiger charge is -2.24. The van der Waals surface area contributed by atoms with E-state index in [1.165, 1.54) is 17.5 Å². The third-order valence-corrected chi connectivity index (χ3v) is 4.16. The molecule has 106 valence electrons. The molecule has 1 aromatic heterocycles. The Morgan fingerprint density at radius 2 is 2.05 bits per heavy atom. The summed E-state index contributed by atoms with van der Waals surface area (Å²) in [6.07, 6.45) is 2.29. The largest absolute Gasteiger partial charge is 0.361 e. The third-order valence-electron chi connectivity index (χ3n) is 4.16. The molecule has 1 fully saturated rings. The van der Waals surface area contributed by atoms with Crippen molar-refractivity contribution in [3.05, 3.63) is 52.7 Å². The molecule has 2 heterocycles. The number of benzene rings is 1. The third kappa shape index (κ3) is 2.48. The first-order valence-electron chi connectivity index (χ1n) is 7.06. The topological polar surface area (TPSA) is 29.3 Å². The molecule has 1 aromatic carbocycles. The molecule has 3 nitrogen and oxygen atoms in total. The Hall–Kier alpha value is -1.68. The van der Waals surface area contributed by atoms with Crippen molar-refractivity contribution in [2.75, 3.05) is 6.54 Å². The number of halogens is 1. The average molecular weight is 274 g/mol. The molecular formula is C16H19FN2O. The Morgan fingerprint density at radius 3 is 2.70 bits per heavy atom. The molecular weight excluding hydrogens is 255 g/mol. The van der Waals surface area contributed by atoms with Gasteiger partial charge in [-0.05, 0) is 50.9 Å². The fraction of sp³-hybridized carbons (Fsp3) is 0.438. The summed E-state index contributed by atoms with van der Waals surface area (Å²) in [5, 5.41) is 4.02. The van der Waals surface area contributed by atoms with E-state index in [1.54, 1.807) is 12.1 Å². The molecule has 0 spiro atoms. The second-order valence-electron chi connectivity index (χ2n) is 5.48. The van der Waals surface area contributed by atoms with E-state index in [0.29, 0.717) is 6.04 Å². The predicted molar refractivity (Wildman–Crippen MR) is 74.8 cm³/mol. The van der Waals surface area contributed by atoms with Crippen molar-refractivity contribution >= 4 is 0 Å². The summed E-state index contributed by atoms with van der Waals surface area (Å²) in [5.74, 6) is 0.719. The summed E-state index contributed by atoms with van der Waals surface area (Å²) in [4.78, 5) is 2.43. The molecule has 20 heavy (non-hydrogen) atoms. The van der Waals surface area contributed by atoms with Crippen LogP contribution in [0.5, 0.6) is 0 Å². The second kappa shape index (κ2) is 5.37. The van der Waals surface area contributed by atoms with Crippen LogP contribution in [0.25, 0.3) is 0 Å². The van der Waals surface area contributed by atoms with Crippen LogP contribution in [0.1, 0.15) is 41.5 Å². The molecule has 0 unspecified atom stereocenters. The smallest absolute Gasteiger partial charge is 0.138 e. The minimum Gasteiger partial charge on any atom is -0.361 e. The molecule has 0 bridgehead atoms. The molecule has 4 heteroatoms. The Morgan fingerprint density at radius 1 is 1.30 bits per heavy atom. The molecule has 0 amide bonds. The van der Waals surface area contributed by atoms with Gasteiger partial charge in [0.25, 0.3) is 0 Å². The monoisotopic (exact) mass is 274 g/mol. The maximum Gasteiger partial charge on any atom is 0.138 e. The van der Waals surface area contributed by atoms with Gasteiger partial charge in [-0.15, -0.1) is 0 Å². The lowest BCUT2D eigenvalue weighted by atomic mass is 10.0. The summed E-state index contributed by atoms with van der Waals surface area (Å²) in [6, 6.07) is 7.24. The van der Waals surface area contributed by atoms with E-state index in [1.807, 2.05) is 26.0 Å². The van der Waals surface area contributed by atoms with Crippen molar-refractivity contribution < 1.29 is 8.91 Å². The van der Waals surface area contributed by atoms with Gasteiger partial charge in [-0.3, -0.25) is 4.90 Å². The van der Waals surface area contributed by atoms with Gasteiger partial charge < -0.3 is 4.52 Å². The van der Waals surface area contributed by atoms with Crippen LogP contribution in [-0.2, 0) is 6.54 Å². The van der Waals surface area contributed by atoms with E-state index in [-0.39, 0.29) is 5.82 Å². The van der Waals surface area contributed by atoms with E-state index in [2.05, 4.69) is 10.1 Å². The van der Waals surface area contributed by atoms with Gasteiger partial charge in [-0.2, -0.15) is 0 Å². The lowest BCUT2D eigenvalue weighted by molar-refractivity contribution is 0.246. The molecule has 1 atom stereocenters. The van der Waals surface area contributed by atoms with E-state index in [9.17, 15) is 4.39 Å². The van der Waals surface area contributed by atoms with Crippen molar-refractivity contribution in [2.24, 2.45) is 0 Å². The zero-order valence-corrected chi connectivity index (χ0v) is 11.9. The van der Waals surface area contributed by atoms with Crippen molar-refractivity contribution in [3.63, 3.8) is 0 Å². The predicted octanol–water partition coefficient (Wildman–Crippen LogP) is 3.77. The van der Waals surface area contributed by atoms with Gasteiger partial charge in [0.15, 0.2) is 0 Å². The first-order chi connectivity index (χ1) is 9.65. The molecule has 0 radical (unpaired) electrons. The molecule has 0 aliphatic carbocycles. The quantitative estimate of drug-likeness (QED) is 0.853. The van der Waals surface area contributed by atoms with Crippen LogP contribution in [0.3, 0.4) is 0 Å². The maximum absolute atomic E-state index is 13.0. The second-order valence-corrected chi connectivity index (χ2v) is 5.48. The number of rotatable bonds is 3. The zero-order valence-electron chi connectivity index (χ0n) is 11.9. The Balaban J connectivity index is 1.81. The van der Waals surface area contributed by atoms with Crippen LogP contribution < -0.4 is 0 Å². The van der Waals surface area contributed by atoms with Crippen molar-refractivity contribution in [1.29, 1.82) is 0 Å². The van der Waals surface area contributed by atoms with Crippen LogP contribution in [-0.4, -0.2) is 16.6 Å². The molecule has 2 aromatic rings. The van der Waals surface area contributed by atoms with Gasteiger partial charge in [0.2, 0.25) is 0 Å². The summed E-state index contributed by atoms with van der Waals surface area (Å²) in [6.45, 7) is 5.85. The van der Waals surface area contributed by atoms with E-state index in [4.69, 9.17) is 4.52 Å². The summed E-state index contributed by atoms with van der Waals surface area (Å²) < 4.78 is 18.3. The van der Waals surface area contributed by atoms with Crippen LogP contribution in [0, 0.1) is 19.7 Å². The summed E-state index contributed by atoms with van der Waals surface area (Å²) in [5.41, 5.74) is 3.34. The minimum atomic E-state index is -0.177. The van der Waals surface area contributed by atoms with Gasteiger partial charge in [-0.1, -0.05) is 17.3 Å². The fourth-order valence-corrected chi connectivity index (χ4v) is 3.01. The van der Waals surface area contributed by atoms with E-state index in [0.717, 1.165) is 31.0 Å². The van der Waals surface area contributed by atoms with Gasteiger partial charge in [-0.25, -0.2) is 4.39 Å². The first kappa shape index (κ1) is 13.3. The van der Waals surface area contributed by atoms with Crippen molar-refractivity contribution in [3.8, 4) is 0 Å². The Kier molecular flexibility index (Phi) is 3.57. The summed E-state index contributed by atoms with van der Waals surface area (Å²) >= 11 is 0. The zero-order chi connectivity index (χ0) is 14.1. The lowest BCUT2D eigenvalue weighted by Crippen LogP contribution is -2.23. The van der Waals surface area contributed by atoms with Gasteiger partial charge in [0.05, 0.1) is 5.69 Å². The van der Waals surface area contributed by atoms with Crippen LogP contribution in [0.15, 0.2) is 28.8 Å². The Labute approximate surface area is 118 Å². The molecule has 0 N–H and O–H groups in total. The van der Waals surface area contributed by atoms with Crippen LogP contribution >= 0.6 is 0 Å². The standard InChI is InChI=1S/C16H19FN2O/c1-11-15(12(2)20-18-11)10-19-9-3-4-16(19)13-5-7-14(17)8-6-13/h5-8,16H,3-4,9-10H2,1-2H3/t16-/m0/s1. The fourth-order valence-electron chi connectivity index (χ4n) is 3.01. The highest BCUT2D eigenvalue weighted by molar-refractivity contribution is 5.24. The first-order valence-corrected chi connectivity index (χ1v) is 7.06. The Bertz CT molecular complexity index is 572. The number of hydrogen-bond donors (Lipinski definition) is 0. The summed E-state index contributed by atoms with van der Waals surface area (Å²) in [7, 11) is 0. The molecule has 0 saturated carbocycles. The van der Waals surface area contributed by atoms with E-state index >= 15 is 0 Å². The number of aromatic nitrogens is 1. The molecule has 1 saturated heterocycles. The van der Waals surface area contributed by atoms with Gasteiger partial charge >= 0.3 is 0 Å². The van der Waals surface area contributed by atoms with Crippen LogP contribution in [0.2, 0.25) is 0 Å². The highest BCUT2D eigenvalue weighted by Gasteiger charge is 2.27.